The molecule has 1 aromatic carbocycles. The van der Waals surface area contributed by atoms with Crippen LogP contribution in [0.5, 0.6) is 0 Å². The van der Waals surface area contributed by atoms with Gasteiger partial charge in [-0.25, -0.2) is 17.9 Å². The topological polar surface area (TPSA) is 147 Å². The number of ether oxygens (including phenoxy) is 1. The summed E-state index contributed by atoms with van der Waals surface area (Å²) in [6, 6.07) is 0.334. The van der Waals surface area contributed by atoms with Crippen molar-refractivity contribution in [3.63, 3.8) is 0 Å². The van der Waals surface area contributed by atoms with Gasteiger partial charge in [-0.15, -0.1) is 16.9 Å². The van der Waals surface area contributed by atoms with Gasteiger partial charge in [-0.3, -0.25) is 9.97 Å². The van der Waals surface area contributed by atoms with Gasteiger partial charge in [0.15, 0.2) is 17.5 Å². The number of hydrogen-bond donors (Lipinski definition) is 4. The normalized spacial score (nSPS) is 26.8. The van der Waals surface area contributed by atoms with Crippen molar-refractivity contribution in [1.82, 2.24) is 25.0 Å². The minimum atomic E-state index is -1.62. The third-order valence-corrected chi connectivity index (χ3v) is 9.78. The monoisotopic (exact) mass is 609 g/mol. The Balaban J connectivity index is 1.50. The van der Waals surface area contributed by atoms with Gasteiger partial charge in [0.25, 0.3) is 0 Å². The summed E-state index contributed by atoms with van der Waals surface area (Å²) >= 11 is 1.14. The van der Waals surface area contributed by atoms with Crippen molar-refractivity contribution in [2.24, 2.45) is 0 Å². The summed E-state index contributed by atoms with van der Waals surface area (Å²) < 4.78 is 48.3. The van der Waals surface area contributed by atoms with Crippen LogP contribution in [0.4, 0.5) is 13.2 Å². The summed E-state index contributed by atoms with van der Waals surface area (Å²) in [5.41, 5.74) is 0.296. The number of nitrogens with zero attached hydrogens (tertiary/aromatic N) is 5. The van der Waals surface area contributed by atoms with Crippen molar-refractivity contribution in [1.29, 1.82) is 0 Å². The van der Waals surface area contributed by atoms with E-state index in [1.807, 2.05) is 20.8 Å². The van der Waals surface area contributed by atoms with Crippen LogP contribution in [0, 0.1) is 38.2 Å². The Morgan fingerprint density at radius 1 is 1.00 bits per heavy atom. The molecule has 5 rings (SSSR count). The van der Waals surface area contributed by atoms with Crippen LogP contribution in [0.3, 0.4) is 0 Å². The quantitative estimate of drug-likeness (QED) is 0.295. The van der Waals surface area contributed by atoms with Crippen LogP contribution in [0.2, 0.25) is 0 Å². The number of rotatable bonds is 7. The van der Waals surface area contributed by atoms with Crippen LogP contribution < -0.4 is 0 Å². The van der Waals surface area contributed by atoms with Crippen molar-refractivity contribution < 1.29 is 38.3 Å². The maximum absolute atomic E-state index is 13.9. The van der Waals surface area contributed by atoms with Crippen molar-refractivity contribution in [2.75, 3.05) is 6.61 Å². The van der Waals surface area contributed by atoms with Gasteiger partial charge in [-0.2, -0.15) is 0 Å². The standard InChI is InChI=1S/C28H34F3N5O5S/c1-13-14(2)33-22(15(3)32-13)26(28(40)7-5-4-6-8-28)42-27-25(39)23(24(38)20(12-37)41-27)36-11-19(34-35-36)16-9-17(29)21(31)18(30)10-16/h9-11,20,23-27,37-40H,4-8,12H2,1-3H3/t20-,23+,24+,25-,26?,27+/m1/s1. The molecule has 2 aromatic heterocycles. The van der Waals surface area contributed by atoms with E-state index in [0.29, 0.717) is 29.9 Å². The molecule has 0 radical (unpaired) electrons. The Morgan fingerprint density at radius 2 is 1.64 bits per heavy atom. The summed E-state index contributed by atoms with van der Waals surface area (Å²) in [6.07, 6.45) is 0.863. The van der Waals surface area contributed by atoms with E-state index in [1.54, 1.807) is 0 Å². The molecule has 1 aliphatic heterocycles. The van der Waals surface area contributed by atoms with Gasteiger partial charge in [0.05, 0.1) is 46.4 Å². The van der Waals surface area contributed by atoms with E-state index in [2.05, 4.69) is 15.3 Å². The molecular formula is C28H34F3N5O5S. The van der Waals surface area contributed by atoms with Crippen LogP contribution in [0.15, 0.2) is 18.3 Å². The fourth-order valence-electron chi connectivity index (χ4n) is 5.74. The highest BCUT2D eigenvalue weighted by Gasteiger charge is 2.50. The predicted molar refractivity (Wildman–Crippen MR) is 147 cm³/mol. The Morgan fingerprint density at radius 3 is 2.29 bits per heavy atom. The number of aromatic nitrogens is 5. The molecule has 4 N–H and O–H groups in total. The highest BCUT2D eigenvalue weighted by atomic mass is 32.2. The van der Waals surface area contributed by atoms with E-state index in [-0.39, 0.29) is 11.3 Å². The van der Waals surface area contributed by atoms with Gasteiger partial charge in [0.1, 0.15) is 35.5 Å². The minimum absolute atomic E-state index is 0.0288. The first kappa shape index (κ1) is 30.8. The van der Waals surface area contributed by atoms with E-state index in [9.17, 15) is 33.6 Å². The molecule has 2 aliphatic rings. The molecule has 3 aromatic rings. The number of thioether (sulfide) groups is 1. The summed E-state index contributed by atoms with van der Waals surface area (Å²) in [4.78, 5) is 9.39. The summed E-state index contributed by atoms with van der Waals surface area (Å²) in [7, 11) is 0. The predicted octanol–water partition coefficient (Wildman–Crippen LogP) is 3.23. The smallest absolute Gasteiger partial charge is 0.194 e. The SMILES string of the molecule is Cc1nc(C)c(C(S[C@@H]2O[C@H](CO)[C@H](O)[C@H](n3cc(-c4cc(F)c(F)c(F)c4)nn3)[C@H]2O)C2(O)CCCCC2)nc1C. The largest absolute Gasteiger partial charge is 0.394 e. The summed E-state index contributed by atoms with van der Waals surface area (Å²) in [5, 5.41) is 51.8. The molecule has 228 valence electrons. The number of benzene rings is 1. The lowest BCUT2D eigenvalue weighted by atomic mass is 9.81. The van der Waals surface area contributed by atoms with Crippen LogP contribution >= 0.6 is 11.8 Å². The number of halogens is 3. The third-order valence-electron chi connectivity index (χ3n) is 8.19. The second-order valence-corrected chi connectivity index (χ2v) is 12.3. The van der Waals surface area contributed by atoms with Crippen molar-refractivity contribution >= 4 is 11.8 Å². The van der Waals surface area contributed by atoms with Crippen LogP contribution in [-0.4, -0.2) is 81.3 Å². The lowest BCUT2D eigenvalue weighted by Crippen LogP contribution is -2.55. The Labute approximate surface area is 245 Å². The molecule has 1 aliphatic carbocycles. The van der Waals surface area contributed by atoms with Crippen LogP contribution in [0.1, 0.15) is 66.2 Å². The Bertz CT molecular complexity index is 1420. The molecule has 3 heterocycles. The molecule has 0 bridgehead atoms. The van der Waals surface area contributed by atoms with Gasteiger partial charge in [0.2, 0.25) is 0 Å². The molecule has 14 heteroatoms. The molecule has 2 fully saturated rings. The number of aryl methyl sites for hydroxylation is 3. The van der Waals surface area contributed by atoms with Crippen LogP contribution in [-0.2, 0) is 4.74 Å². The lowest BCUT2D eigenvalue weighted by Gasteiger charge is -2.45. The number of aliphatic hydroxyl groups excluding tert-OH is 3. The van der Waals surface area contributed by atoms with Gasteiger partial charge in [-0.1, -0.05) is 24.5 Å². The second kappa shape index (κ2) is 12.2. The molecular weight excluding hydrogens is 575 g/mol. The van der Waals surface area contributed by atoms with Crippen molar-refractivity contribution in [3.8, 4) is 11.3 Å². The van der Waals surface area contributed by atoms with Gasteiger partial charge in [0, 0.05) is 5.56 Å². The zero-order chi connectivity index (χ0) is 30.3. The van der Waals surface area contributed by atoms with Gasteiger partial charge >= 0.3 is 0 Å². The molecule has 10 nitrogen and oxygen atoms in total. The maximum Gasteiger partial charge on any atom is 0.194 e. The van der Waals surface area contributed by atoms with Gasteiger partial charge in [-0.05, 0) is 45.7 Å². The molecule has 42 heavy (non-hydrogen) atoms. The lowest BCUT2D eigenvalue weighted by molar-refractivity contribution is -0.179. The maximum atomic E-state index is 13.9. The Hall–Kier alpha value is -2.62. The van der Waals surface area contributed by atoms with E-state index in [1.165, 1.54) is 6.20 Å². The number of aliphatic hydroxyl groups is 4. The zero-order valence-electron chi connectivity index (χ0n) is 23.4. The first-order valence-electron chi connectivity index (χ1n) is 13.8. The van der Waals surface area contributed by atoms with Crippen molar-refractivity contribution in [2.45, 2.75) is 93.5 Å². The van der Waals surface area contributed by atoms with Crippen LogP contribution in [0.25, 0.3) is 11.3 Å². The van der Waals surface area contributed by atoms with Gasteiger partial charge < -0.3 is 25.2 Å². The van der Waals surface area contributed by atoms with E-state index in [0.717, 1.165) is 53.5 Å². The molecule has 0 spiro atoms. The average molecular weight is 610 g/mol. The molecule has 1 saturated carbocycles. The Kier molecular flexibility index (Phi) is 8.93. The first-order chi connectivity index (χ1) is 19.9. The molecule has 0 amide bonds. The molecule has 1 saturated heterocycles. The fraction of sp³-hybridized carbons (Fsp3) is 0.571. The number of hydrogen-bond acceptors (Lipinski definition) is 10. The summed E-state index contributed by atoms with van der Waals surface area (Å²) in [6.45, 7) is 4.91. The van der Waals surface area contributed by atoms with E-state index < -0.39 is 64.7 Å². The van der Waals surface area contributed by atoms with Crippen molar-refractivity contribution in [3.05, 3.63) is 58.6 Å². The zero-order valence-corrected chi connectivity index (χ0v) is 24.2. The molecule has 6 atom stereocenters. The second-order valence-electron chi connectivity index (χ2n) is 11.1. The highest BCUT2D eigenvalue weighted by molar-refractivity contribution is 8.00. The van der Waals surface area contributed by atoms with E-state index in [4.69, 9.17) is 9.72 Å². The minimum Gasteiger partial charge on any atom is -0.394 e. The third kappa shape index (κ3) is 5.80. The fourth-order valence-corrected chi connectivity index (χ4v) is 7.38. The van der Waals surface area contributed by atoms with E-state index >= 15 is 0 Å². The molecule has 1 unspecified atom stereocenters. The highest BCUT2D eigenvalue weighted by Crippen LogP contribution is 2.50. The summed E-state index contributed by atoms with van der Waals surface area (Å²) in [5.74, 6) is -4.43. The first-order valence-corrected chi connectivity index (χ1v) is 14.8. The average Bonchev–Trinajstić information content (AvgIpc) is 3.43.